The van der Waals surface area contributed by atoms with E-state index in [-0.39, 0.29) is 5.91 Å². The smallest absolute Gasteiger partial charge is 0.255 e. The highest BCUT2D eigenvalue weighted by atomic mass is 79.9. The number of benzene rings is 2. The van der Waals surface area contributed by atoms with Gasteiger partial charge in [0, 0.05) is 29.8 Å². The van der Waals surface area contributed by atoms with Gasteiger partial charge >= 0.3 is 0 Å². The summed E-state index contributed by atoms with van der Waals surface area (Å²) >= 11 is 9.64. The van der Waals surface area contributed by atoms with Crippen LogP contribution in [0.1, 0.15) is 15.9 Å². The van der Waals surface area contributed by atoms with Crippen molar-refractivity contribution in [3.8, 4) is 0 Å². The number of carbonyl (C=O) groups is 1. The molecule has 1 N–H and O–H groups in total. The van der Waals surface area contributed by atoms with Crippen molar-refractivity contribution in [1.29, 1.82) is 0 Å². The summed E-state index contributed by atoms with van der Waals surface area (Å²) in [5.74, 6) is -0.150. The molecule has 3 nitrogen and oxygen atoms in total. The molecule has 2 aromatic rings. The first kappa shape index (κ1) is 15.9. The number of amides is 1. The summed E-state index contributed by atoms with van der Waals surface area (Å²) in [6.07, 6.45) is 0. The molecule has 0 unspecified atom stereocenters. The van der Waals surface area contributed by atoms with Gasteiger partial charge < -0.3 is 10.2 Å². The third-order valence-corrected chi connectivity index (χ3v) is 4.36. The molecule has 0 bridgehead atoms. The van der Waals surface area contributed by atoms with Crippen molar-refractivity contribution in [3.63, 3.8) is 0 Å². The quantitative estimate of drug-likeness (QED) is 0.850. The molecule has 2 aromatic carbocycles. The summed E-state index contributed by atoms with van der Waals surface area (Å²) in [6.45, 7) is 1.90. The van der Waals surface area contributed by atoms with Gasteiger partial charge in [-0.05, 0) is 42.8 Å². The van der Waals surface area contributed by atoms with E-state index in [4.69, 9.17) is 11.6 Å². The van der Waals surface area contributed by atoms with Gasteiger partial charge in [-0.15, -0.1) is 0 Å². The fraction of sp³-hybridized carbons (Fsp3) is 0.188. The molecule has 0 saturated carbocycles. The van der Waals surface area contributed by atoms with Gasteiger partial charge in [0.1, 0.15) is 0 Å². The number of halogens is 2. The Morgan fingerprint density at radius 1 is 1.24 bits per heavy atom. The predicted molar refractivity (Wildman–Crippen MR) is 92.6 cm³/mol. The second-order valence-electron chi connectivity index (χ2n) is 4.93. The number of hydrogen-bond donors (Lipinski definition) is 1. The molecule has 2 rings (SSSR count). The van der Waals surface area contributed by atoms with Crippen molar-refractivity contribution in [1.82, 2.24) is 0 Å². The largest absolute Gasteiger partial charge is 0.376 e. The van der Waals surface area contributed by atoms with Crippen molar-refractivity contribution >= 4 is 44.8 Å². The molecule has 1 amide bonds. The maximum atomic E-state index is 12.3. The average Bonchev–Trinajstić information content (AvgIpc) is 2.41. The molecular formula is C16H16BrClN2O. The van der Waals surface area contributed by atoms with E-state index in [9.17, 15) is 4.79 Å². The molecule has 0 fully saturated rings. The van der Waals surface area contributed by atoms with Crippen LogP contribution >= 0.6 is 27.5 Å². The molecule has 0 radical (unpaired) electrons. The minimum atomic E-state index is -0.150. The van der Waals surface area contributed by atoms with Crippen LogP contribution in [0.5, 0.6) is 0 Å². The Morgan fingerprint density at radius 2 is 1.95 bits per heavy atom. The van der Waals surface area contributed by atoms with Gasteiger partial charge in [0.25, 0.3) is 5.91 Å². The lowest BCUT2D eigenvalue weighted by Crippen LogP contribution is -2.14. The normalized spacial score (nSPS) is 10.3. The van der Waals surface area contributed by atoms with Crippen LogP contribution in [-0.4, -0.2) is 20.0 Å². The Balaban J connectivity index is 2.24. The molecule has 0 aliphatic heterocycles. The first-order valence-corrected chi connectivity index (χ1v) is 7.60. The lowest BCUT2D eigenvalue weighted by atomic mass is 10.1. The van der Waals surface area contributed by atoms with E-state index in [1.54, 1.807) is 12.1 Å². The Labute approximate surface area is 138 Å². The standard InChI is InChI=1S/C16H16BrClN2O/c1-10-12(5-4-6-13(10)17)16(21)19-11-7-8-15(20(2)3)14(18)9-11/h4-9H,1-3H3,(H,19,21). The van der Waals surface area contributed by atoms with Crippen molar-refractivity contribution in [3.05, 3.63) is 57.0 Å². The summed E-state index contributed by atoms with van der Waals surface area (Å²) in [4.78, 5) is 14.3. The molecule has 0 heterocycles. The number of nitrogens with zero attached hydrogens (tertiary/aromatic N) is 1. The van der Waals surface area contributed by atoms with E-state index in [2.05, 4.69) is 21.2 Å². The molecule has 0 aromatic heterocycles. The van der Waals surface area contributed by atoms with Gasteiger partial charge in [-0.1, -0.05) is 33.6 Å². The van der Waals surface area contributed by atoms with Crippen LogP contribution in [0.3, 0.4) is 0 Å². The number of rotatable bonds is 3. The highest BCUT2D eigenvalue weighted by molar-refractivity contribution is 9.10. The van der Waals surface area contributed by atoms with Crippen LogP contribution in [0.2, 0.25) is 5.02 Å². The highest BCUT2D eigenvalue weighted by Gasteiger charge is 2.12. The van der Waals surface area contributed by atoms with Crippen LogP contribution in [-0.2, 0) is 0 Å². The van der Waals surface area contributed by atoms with E-state index in [0.29, 0.717) is 16.3 Å². The minimum Gasteiger partial charge on any atom is -0.376 e. The predicted octanol–water partition coefficient (Wildman–Crippen LogP) is 4.73. The van der Waals surface area contributed by atoms with Crippen LogP contribution in [0.25, 0.3) is 0 Å². The van der Waals surface area contributed by atoms with Gasteiger partial charge in [0.2, 0.25) is 0 Å². The zero-order valence-corrected chi connectivity index (χ0v) is 14.4. The van der Waals surface area contributed by atoms with Crippen molar-refractivity contribution in [2.24, 2.45) is 0 Å². The molecule has 0 saturated heterocycles. The van der Waals surface area contributed by atoms with E-state index in [0.717, 1.165) is 15.7 Å². The third kappa shape index (κ3) is 3.57. The van der Waals surface area contributed by atoms with E-state index in [1.165, 1.54) is 0 Å². The van der Waals surface area contributed by atoms with Gasteiger partial charge in [-0.25, -0.2) is 0 Å². The number of hydrogen-bond acceptors (Lipinski definition) is 2. The Morgan fingerprint density at radius 3 is 2.57 bits per heavy atom. The van der Waals surface area contributed by atoms with Crippen LogP contribution in [0, 0.1) is 6.92 Å². The van der Waals surface area contributed by atoms with Crippen molar-refractivity contribution in [2.45, 2.75) is 6.92 Å². The van der Waals surface area contributed by atoms with Gasteiger partial charge in [-0.2, -0.15) is 0 Å². The monoisotopic (exact) mass is 366 g/mol. The number of anilines is 2. The summed E-state index contributed by atoms with van der Waals surface area (Å²) in [5.41, 5.74) is 3.13. The van der Waals surface area contributed by atoms with Crippen molar-refractivity contribution in [2.75, 3.05) is 24.3 Å². The molecule has 0 atom stereocenters. The maximum absolute atomic E-state index is 12.3. The van der Waals surface area contributed by atoms with E-state index < -0.39 is 0 Å². The minimum absolute atomic E-state index is 0.150. The summed E-state index contributed by atoms with van der Waals surface area (Å²) in [6, 6.07) is 11.0. The molecule has 5 heteroatoms. The highest BCUT2D eigenvalue weighted by Crippen LogP contribution is 2.28. The van der Waals surface area contributed by atoms with E-state index in [1.807, 2.05) is 50.2 Å². The molecule has 110 valence electrons. The van der Waals surface area contributed by atoms with Gasteiger partial charge in [0.05, 0.1) is 10.7 Å². The Kier molecular flexibility index (Phi) is 4.91. The van der Waals surface area contributed by atoms with Gasteiger partial charge in [0.15, 0.2) is 0 Å². The summed E-state index contributed by atoms with van der Waals surface area (Å²) in [5, 5.41) is 3.47. The maximum Gasteiger partial charge on any atom is 0.255 e. The summed E-state index contributed by atoms with van der Waals surface area (Å²) in [7, 11) is 3.84. The Bertz CT molecular complexity index is 686. The topological polar surface area (TPSA) is 32.3 Å². The number of nitrogens with one attached hydrogen (secondary N) is 1. The SMILES string of the molecule is Cc1c(Br)cccc1C(=O)Nc1ccc(N(C)C)c(Cl)c1. The molecule has 21 heavy (non-hydrogen) atoms. The first-order valence-electron chi connectivity index (χ1n) is 6.43. The van der Waals surface area contributed by atoms with Crippen LogP contribution in [0.4, 0.5) is 11.4 Å². The van der Waals surface area contributed by atoms with E-state index >= 15 is 0 Å². The first-order chi connectivity index (χ1) is 9.90. The fourth-order valence-corrected chi connectivity index (χ4v) is 2.71. The fourth-order valence-electron chi connectivity index (χ4n) is 2.00. The van der Waals surface area contributed by atoms with Gasteiger partial charge in [-0.3, -0.25) is 4.79 Å². The second-order valence-corrected chi connectivity index (χ2v) is 6.19. The summed E-state index contributed by atoms with van der Waals surface area (Å²) < 4.78 is 0.913. The zero-order chi connectivity index (χ0) is 15.6. The van der Waals surface area contributed by atoms with Crippen molar-refractivity contribution < 1.29 is 4.79 Å². The average molecular weight is 368 g/mol. The molecule has 0 spiro atoms. The Hall–Kier alpha value is -1.52. The lowest BCUT2D eigenvalue weighted by molar-refractivity contribution is 0.102. The molecule has 0 aliphatic carbocycles. The zero-order valence-electron chi connectivity index (χ0n) is 12.1. The van der Waals surface area contributed by atoms with Crippen LogP contribution < -0.4 is 10.2 Å². The lowest BCUT2D eigenvalue weighted by Gasteiger charge is -2.15. The molecule has 0 aliphatic rings. The number of carbonyl (C=O) groups excluding carboxylic acids is 1. The van der Waals surface area contributed by atoms with Crippen LogP contribution in [0.15, 0.2) is 40.9 Å². The third-order valence-electron chi connectivity index (χ3n) is 3.20. The second kappa shape index (κ2) is 6.50. The molecular weight excluding hydrogens is 352 g/mol.